The van der Waals surface area contributed by atoms with Gasteiger partial charge in [-0.15, -0.1) is 0 Å². The van der Waals surface area contributed by atoms with Gasteiger partial charge in [0.2, 0.25) is 0 Å². The minimum atomic E-state index is -2.65. The van der Waals surface area contributed by atoms with Crippen LogP contribution in [0.1, 0.15) is 33.2 Å². The van der Waals surface area contributed by atoms with Gasteiger partial charge in [0.05, 0.1) is 5.56 Å². The fourth-order valence-corrected chi connectivity index (χ4v) is 2.63. The van der Waals surface area contributed by atoms with Crippen molar-refractivity contribution < 1.29 is 18.4 Å². The molecule has 0 radical (unpaired) electrons. The quantitative estimate of drug-likeness (QED) is 0.740. The van der Waals surface area contributed by atoms with E-state index in [-0.39, 0.29) is 34.8 Å². The normalized spacial score (nSPS) is 10.6. The lowest BCUT2D eigenvalue weighted by atomic mass is 10.1. The van der Waals surface area contributed by atoms with Crippen molar-refractivity contribution in [2.24, 2.45) is 0 Å². The topological polar surface area (TPSA) is 71.1 Å². The summed E-state index contributed by atoms with van der Waals surface area (Å²) in [5, 5.41) is 5.35. The van der Waals surface area contributed by atoms with E-state index in [2.05, 4.69) is 15.6 Å². The average molecular weight is 365 g/mol. The Morgan fingerprint density at radius 2 is 1.84 bits per heavy atom. The Morgan fingerprint density at radius 3 is 2.48 bits per heavy atom. The predicted molar refractivity (Wildman–Crippen MR) is 91.7 cm³/mol. The van der Waals surface area contributed by atoms with Crippen molar-refractivity contribution in [2.75, 3.05) is 6.54 Å². The maximum atomic E-state index is 12.5. The second kappa shape index (κ2) is 9.12. The number of aromatic nitrogens is 1. The molecule has 0 fully saturated rings. The number of carbonyl (C=O) groups is 2. The van der Waals surface area contributed by atoms with Crippen LogP contribution >= 0.6 is 11.8 Å². The molecule has 0 atom stereocenters. The van der Waals surface area contributed by atoms with Gasteiger partial charge in [0.1, 0.15) is 5.03 Å². The Bertz CT molecular complexity index is 739. The summed E-state index contributed by atoms with van der Waals surface area (Å²) in [5.41, 5.74) is 1.42. The number of nitrogens with zero attached hydrogens (tertiary/aromatic N) is 1. The van der Waals surface area contributed by atoms with Crippen molar-refractivity contribution in [3.8, 4) is 0 Å². The summed E-state index contributed by atoms with van der Waals surface area (Å²) < 4.78 is 25.1. The largest absolute Gasteiger partial charge is 0.352 e. The summed E-state index contributed by atoms with van der Waals surface area (Å²) in [4.78, 5) is 27.7. The molecule has 2 aromatic rings. The van der Waals surface area contributed by atoms with Crippen LogP contribution in [-0.4, -0.2) is 29.1 Å². The highest BCUT2D eigenvalue weighted by atomic mass is 32.2. The summed E-state index contributed by atoms with van der Waals surface area (Å²) in [6, 6.07) is 9.74. The van der Waals surface area contributed by atoms with Crippen molar-refractivity contribution in [1.29, 1.82) is 0 Å². The Morgan fingerprint density at radius 1 is 1.12 bits per heavy atom. The average Bonchev–Trinajstić information content (AvgIpc) is 2.60. The van der Waals surface area contributed by atoms with Crippen LogP contribution in [0.15, 0.2) is 47.6 Å². The zero-order chi connectivity index (χ0) is 18.2. The van der Waals surface area contributed by atoms with Crippen LogP contribution < -0.4 is 10.6 Å². The van der Waals surface area contributed by atoms with Gasteiger partial charge in [0.25, 0.3) is 17.6 Å². The highest BCUT2D eigenvalue weighted by Crippen LogP contribution is 2.26. The van der Waals surface area contributed by atoms with Crippen LogP contribution in [0.5, 0.6) is 0 Å². The third kappa shape index (κ3) is 5.53. The number of halogens is 2. The highest BCUT2D eigenvalue weighted by Gasteiger charge is 2.16. The van der Waals surface area contributed by atoms with Crippen LogP contribution in [0.25, 0.3) is 0 Å². The monoisotopic (exact) mass is 365 g/mol. The Balaban J connectivity index is 1.99. The lowest BCUT2D eigenvalue weighted by molar-refractivity contribution is 0.0941. The molecule has 1 aromatic carbocycles. The second-order valence-electron chi connectivity index (χ2n) is 4.97. The summed E-state index contributed by atoms with van der Waals surface area (Å²) in [5.74, 6) is -3.30. The lowest BCUT2D eigenvalue weighted by Gasteiger charge is -2.09. The molecule has 132 valence electrons. The summed E-state index contributed by atoms with van der Waals surface area (Å²) in [6.07, 6.45) is 1.36. The predicted octanol–water partition coefficient (Wildman–Crippen LogP) is 3.08. The number of carbonyl (C=O) groups excluding carboxylic acids is 2. The molecular formula is C17H17F2N3O2S. The third-order valence-corrected chi connectivity index (χ3v) is 3.95. The molecule has 0 aliphatic carbocycles. The van der Waals surface area contributed by atoms with E-state index >= 15 is 0 Å². The maximum absolute atomic E-state index is 12.5. The van der Waals surface area contributed by atoms with E-state index in [4.69, 9.17) is 0 Å². The Kier molecular flexibility index (Phi) is 6.88. The number of hydrogen-bond donors (Lipinski definition) is 2. The number of nitrogens with one attached hydrogen (secondary N) is 2. The first-order valence-corrected chi connectivity index (χ1v) is 8.44. The van der Waals surface area contributed by atoms with E-state index in [1.54, 1.807) is 24.3 Å². The van der Waals surface area contributed by atoms with Gasteiger partial charge in [0.15, 0.2) is 0 Å². The maximum Gasteiger partial charge on any atom is 0.290 e. The standard InChI is InChI=1S/C17H17F2N3O2S/c1-2-20-14(23)12-7-5-11(6-8-12)10-22-15(24)13-4-3-9-21-16(13)25-17(18)19/h3-9,17H,2,10H2,1H3,(H,20,23)(H,22,24). The van der Waals surface area contributed by atoms with E-state index in [9.17, 15) is 18.4 Å². The molecule has 0 unspecified atom stereocenters. The van der Waals surface area contributed by atoms with Gasteiger partial charge >= 0.3 is 0 Å². The molecule has 0 bridgehead atoms. The first-order chi connectivity index (χ1) is 12.0. The first-order valence-electron chi connectivity index (χ1n) is 7.56. The highest BCUT2D eigenvalue weighted by molar-refractivity contribution is 7.99. The van der Waals surface area contributed by atoms with E-state index in [0.717, 1.165) is 5.56 Å². The minimum absolute atomic E-state index is 0.0124. The van der Waals surface area contributed by atoms with Gasteiger partial charge in [-0.05, 0) is 48.5 Å². The van der Waals surface area contributed by atoms with Gasteiger partial charge < -0.3 is 10.6 Å². The molecule has 2 rings (SSSR count). The lowest BCUT2D eigenvalue weighted by Crippen LogP contribution is -2.24. The summed E-state index contributed by atoms with van der Waals surface area (Å²) in [6.45, 7) is 2.59. The molecule has 0 saturated carbocycles. The molecule has 2 amide bonds. The number of thioether (sulfide) groups is 1. The third-order valence-electron chi connectivity index (χ3n) is 3.22. The Hall–Kier alpha value is -2.48. The number of pyridine rings is 1. The smallest absolute Gasteiger partial charge is 0.290 e. The first kappa shape index (κ1) is 18.9. The van der Waals surface area contributed by atoms with E-state index in [0.29, 0.717) is 12.1 Å². The summed E-state index contributed by atoms with van der Waals surface area (Å²) >= 11 is 0.235. The van der Waals surface area contributed by atoms with Crippen LogP contribution in [0, 0.1) is 0 Å². The van der Waals surface area contributed by atoms with Gasteiger partial charge in [-0.1, -0.05) is 12.1 Å². The SMILES string of the molecule is CCNC(=O)c1ccc(CNC(=O)c2cccnc2SC(F)F)cc1. The molecule has 1 aromatic heterocycles. The molecule has 0 aliphatic heterocycles. The number of hydrogen-bond acceptors (Lipinski definition) is 4. The number of amides is 2. The number of alkyl halides is 2. The van der Waals surface area contributed by atoms with Crippen molar-refractivity contribution in [1.82, 2.24) is 15.6 Å². The van der Waals surface area contributed by atoms with Crippen LogP contribution in [0.3, 0.4) is 0 Å². The van der Waals surface area contributed by atoms with E-state index in [1.807, 2.05) is 6.92 Å². The van der Waals surface area contributed by atoms with Crippen molar-refractivity contribution in [2.45, 2.75) is 24.3 Å². The summed E-state index contributed by atoms with van der Waals surface area (Å²) in [7, 11) is 0. The second-order valence-corrected chi connectivity index (χ2v) is 5.95. The van der Waals surface area contributed by atoms with E-state index in [1.165, 1.54) is 18.3 Å². The van der Waals surface area contributed by atoms with Crippen LogP contribution in [0.4, 0.5) is 8.78 Å². The molecule has 0 aliphatic rings. The van der Waals surface area contributed by atoms with Crippen LogP contribution in [-0.2, 0) is 6.54 Å². The van der Waals surface area contributed by atoms with Crippen molar-refractivity contribution in [3.05, 3.63) is 59.3 Å². The zero-order valence-corrected chi connectivity index (χ0v) is 14.3. The molecule has 2 N–H and O–H groups in total. The molecular weight excluding hydrogens is 348 g/mol. The van der Waals surface area contributed by atoms with Gasteiger partial charge in [-0.3, -0.25) is 9.59 Å². The van der Waals surface area contributed by atoms with Crippen LogP contribution in [0.2, 0.25) is 0 Å². The fourth-order valence-electron chi connectivity index (χ4n) is 2.06. The molecule has 1 heterocycles. The molecule has 5 nitrogen and oxygen atoms in total. The molecule has 0 saturated heterocycles. The molecule has 8 heteroatoms. The van der Waals surface area contributed by atoms with Crippen molar-refractivity contribution in [3.63, 3.8) is 0 Å². The van der Waals surface area contributed by atoms with Gasteiger partial charge in [-0.25, -0.2) is 4.98 Å². The van der Waals surface area contributed by atoms with Crippen molar-refractivity contribution >= 4 is 23.6 Å². The number of benzene rings is 1. The molecule has 25 heavy (non-hydrogen) atoms. The molecule has 0 spiro atoms. The minimum Gasteiger partial charge on any atom is -0.352 e. The zero-order valence-electron chi connectivity index (χ0n) is 13.5. The van der Waals surface area contributed by atoms with Gasteiger partial charge in [0, 0.05) is 24.8 Å². The Labute approximate surface area is 148 Å². The van der Waals surface area contributed by atoms with E-state index < -0.39 is 11.7 Å². The fraction of sp³-hybridized carbons (Fsp3) is 0.235. The number of rotatable bonds is 7. The van der Waals surface area contributed by atoms with Gasteiger partial charge in [-0.2, -0.15) is 8.78 Å².